The van der Waals surface area contributed by atoms with Crippen molar-refractivity contribution in [2.45, 2.75) is 100 Å². The maximum absolute atomic E-state index is 13.3. The number of benzene rings is 1. The third kappa shape index (κ3) is 7.41. The Morgan fingerprint density at radius 2 is 1.18 bits per heavy atom. The molecule has 2 heterocycles. The summed E-state index contributed by atoms with van der Waals surface area (Å²) >= 11 is 0. The van der Waals surface area contributed by atoms with Crippen LogP contribution in [0.25, 0.3) is 12.2 Å². The van der Waals surface area contributed by atoms with Gasteiger partial charge in [-0.05, 0) is 101 Å². The third-order valence-corrected chi connectivity index (χ3v) is 8.37. The molecule has 212 valence electrons. The molecule has 1 aromatic carbocycles. The van der Waals surface area contributed by atoms with E-state index in [4.69, 9.17) is 0 Å². The van der Waals surface area contributed by atoms with Crippen LogP contribution in [0.3, 0.4) is 0 Å². The molecule has 0 unspecified atom stereocenters. The Balaban J connectivity index is 1.77. The van der Waals surface area contributed by atoms with Crippen molar-refractivity contribution < 1.29 is 9.59 Å². The highest BCUT2D eigenvalue weighted by Gasteiger charge is 2.36. The molecule has 0 aliphatic carbocycles. The normalized spacial score (nSPS) is 19.9. The van der Waals surface area contributed by atoms with Crippen LogP contribution >= 0.6 is 0 Å². The van der Waals surface area contributed by atoms with Crippen molar-refractivity contribution >= 4 is 23.7 Å². The van der Waals surface area contributed by atoms with Crippen LogP contribution in [0.5, 0.6) is 0 Å². The molecule has 0 bridgehead atoms. The Kier molecular flexibility index (Phi) is 8.60. The van der Waals surface area contributed by atoms with E-state index in [0.717, 1.165) is 53.8 Å². The van der Waals surface area contributed by atoms with Gasteiger partial charge in [-0.25, -0.2) is 0 Å². The first-order valence-corrected chi connectivity index (χ1v) is 14.3. The second-order valence-corrected chi connectivity index (χ2v) is 14.6. The first-order valence-electron chi connectivity index (χ1n) is 14.3. The fraction of sp³-hybridized carbons (Fsp3) is 0.543. The Morgan fingerprint density at radius 3 is 1.59 bits per heavy atom. The Labute approximate surface area is 237 Å². The lowest BCUT2D eigenvalue weighted by atomic mass is 9.76. The van der Waals surface area contributed by atoms with Gasteiger partial charge in [0.2, 0.25) is 0 Å². The van der Waals surface area contributed by atoms with E-state index in [9.17, 15) is 9.59 Å². The molecule has 3 rings (SSSR count). The zero-order chi connectivity index (χ0) is 29.4. The van der Waals surface area contributed by atoms with Gasteiger partial charge < -0.3 is 9.80 Å². The maximum atomic E-state index is 13.3. The standard InChI is InChI=1S/C35H50N2O2/c1-25-22-26(13-16-30(38)28-23-36(32(2,3)4)20-18-34(28,8)9)12-14-27(25)15-17-31(39)29-24-37(33(5,6)7)21-19-35(29,10)11/h12-17,22-24H,18-21H2,1-11H3/b16-13+,17-15+. The average molecular weight is 531 g/mol. The van der Waals surface area contributed by atoms with Crippen LogP contribution in [-0.2, 0) is 9.59 Å². The molecule has 2 aliphatic heterocycles. The van der Waals surface area contributed by atoms with E-state index in [-0.39, 0.29) is 33.5 Å². The fourth-order valence-corrected chi connectivity index (χ4v) is 5.22. The average Bonchev–Trinajstić information content (AvgIpc) is 2.79. The number of carbonyl (C=O) groups excluding carboxylic acids is 2. The van der Waals surface area contributed by atoms with Crippen molar-refractivity contribution in [2.24, 2.45) is 10.8 Å². The van der Waals surface area contributed by atoms with E-state index in [1.54, 1.807) is 12.2 Å². The number of carbonyl (C=O) groups is 2. The molecule has 0 fully saturated rings. The molecule has 1 aromatic rings. The van der Waals surface area contributed by atoms with Gasteiger partial charge in [0.1, 0.15) is 0 Å². The van der Waals surface area contributed by atoms with Gasteiger partial charge in [0.15, 0.2) is 11.6 Å². The summed E-state index contributed by atoms with van der Waals surface area (Å²) in [6, 6.07) is 6.10. The summed E-state index contributed by atoms with van der Waals surface area (Å²) < 4.78 is 0. The van der Waals surface area contributed by atoms with Crippen molar-refractivity contribution in [2.75, 3.05) is 13.1 Å². The lowest BCUT2D eigenvalue weighted by Gasteiger charge is -2.43. The van der Waals surface area contributed by atoms with Crippen molar-refractivity contribution in [3.63, 3.8) is 0 Å². The predicted molar refractivity (Wildman–Crippen MR) is 165 cm³/mol. The number of ketones is 2. The Bertz CT molecular complexity index is 1230. The molecular weight excluding hydrogens is 480 g/mol. The van der Waals surface area contributed by atoms with E-state index in [1.165, 1.54) is 0 Å². The van der Waals surface area contributed by atoms with Crippen LogP contribution in [0.4, 0.5) is 0 Å². The molecule has 2 aliphatic rings. The molecule has 0 spiro atoms. The van der Waals surface area contributed by atoms with Crippen molar-refractivity contribution in [1.82, 2.24) is 9.80 Å². The highest BCUT2D eigenvalue weighted by Crippen LogP contribution is 2.38. The molecule has 0 radical (unpaired) electrons. The summed E-state index contributed by atoms with van der Waals surface area (Å²) in [6.07, 6.45) is 13.3. The van der Waals surface area contributed by atoms with Crippen LogP contribution in [0, 0.1) is 17.8 Å². The Hall–Kier alpha value is -2.88. The van der Waals surface area contributed by atoms with Crippen LogP contribution in [0.1, 0.15) is 98.8 Å². The predicted octanol–water partition coefficient (Wildman–Crippen LogP) is 7.99. The minimum Gasteiger partial charge on any atom is -0.372 e. The topological polar surface area (TPSA) is 40.6 Å². The van der Waals surface area contributed by atoms with Crippen LogP contribution in [-0.4, -0.2) is 45.5 Å². The van der Waals surface area contributed by atoms with Crippen LogP contribution in [0.2, 0.25) is 0 Å². The molecular formula is C35H50N2O2. The van der Waals surface area contributed by atoms with E-state index >= 15 is 0 Å². The first kappa shape index (κ1) is 30.7. The van der Waals surface area contributed by atoms with Gasteiger partial charge in [-0.3, -0.25) is 9.59 Å². The fourth-order valence-electron chi connectivity index (χ4n) is 5.22. The van der Waals surface area contributed by atoms with E-state index in [0.29, 0.717) is 0 Å². The van der Waals surface area contributed by atoms with Crippen LogP contribution < -0.4 is 0 Å². The number of allylic oxidation sites excluding steroid dienone is 4. The molecule has 0 saturated carbocycles. The summed E-state index contributed by atoms with van der Waals surface area (Å²) in [5.74, 6) is 0.129. The molecule has 0 atom stereocenters. The highest BCUT2D eigenvalue weighted by atomic mass is 16.1. The van der Waals surface area contributed by atoms with Crippen molar-refractivity contribution in [1.29, 1.82) is 0 Å². The molecule has 0 amide bonds. The molecule has 4 heteroatoms. The van der Waals surface area contributed by atoms with Gasteiger partial charge in [0.25, 0.3) is 0 Å². The lowest BCUT2D eigenvalue weighted by Crippen LogP contribution is -2.44. The summed E-state index contributed by atoms with van der Waals surface area (Å²) in [5, 5.41) is 0. The smallest absolute Gasteiger partial charge is 0.183 e. The molecule has 39 heavy (non-hydrogen) atoms. The zero-order valence-corrected chi connectivity index (χ0v) is 26.2. The third-order valence-electron chi connectivity index (χ3n) is 8.37. The number of hydrogen-bond donors (Lipinski definition) is 0. The van der Waals surface area contributed by atoms with Gasteiger partial charge in [-0.15, -0.1) is 0 Å². The van der Waals surface area contributed by atoms with Crippen molar-refractivity contribution in [3.05, 3.63) is 70.6 Å². The summed E-state index contributed by atoms with van der Waals surface area (Å²) in [6.45, 7) is 25.7. The number of nitrogens with zero attached hydrogens (tertiary/aromatic N) is 2. The van der Waals surface area contributed by atoms with Gasteiger partial charge in [0.05, 0.1) is 0 Å². The molecule has 4 nitrogen and oxygen atoms in total. The second kappa shape index (κ2) is 10.9. The quantitative estimate of drug-likeness (QED) is 0.350. The van der Waals surface area contributed by atoms with E-state index in [1.807, 2.05) is 31.2 Å². The summed E-state index contributed by atoms with van der Waals surface area (Å²) in [5.41, 5.74) is 4.45. The molecule has 0 saturated heterocycles. The Morgan fingerprint density at radius 1 is 0.744 bits per heavy atom. The SMILES string of the molecule is Cc1cc(/C=C/C(=O)C2=CN(C(C)(C)C)CCC2(C)C)ccc1/C=C/C(=O)C1=CN(C(C)(C)C)CCC1(C)C. The summed E-state index contributed by atoms with van der Waals surface area (Å²) in [4.78, 5) is 31.1. The molecule has 0 N–H and O–H groups in total. The van der Waals surface area contributed by atoms with Gasteiger partial charge in [0, 0.05) is 47.7 Å². The van der Waals surface area contributed by atoms with Gasteiger partial charge >= 0.3 is 0 Å². The minimum atomic E-state index is -0.147. The minimum absolute atomic E-state index is 0.0111. The highest BCUT2D eigenvalue weighted by molar-refractivity contribution is 6.08. The second-order valence-electron chi connectivity index (χ2n) is 14.6. The first-order chi connectivity index (χ1) is 17.8. The van der Waals surface area contributed by atoms with Crippen LogP contribution in [0.15, 0.2) is 53.9 Å². The lowest BCUT2D eigenvalue weighted by molar-refractivity contribution is -0.113. The monoisotopic (exact) mass is 530 g/mol. The number of hydrogen-bond acceptors (Lipinski definition) is 4. The maximum Gasteiger partial charge on any atom is 0.183 e. The zero-order valence-electron chi connectivity index (χ0n) is 26.2. The van der Waals surface area contributed by atoms with Gasteiger partial charge in [-0.2, -0.15) is 0 Å². The van der Waals surface area contributed by atoms with Crippen molar-refractivity contribution in [3.8, 4) is 0 Å². The summed E-state index contributed by atoms with van der Waals surface area (Å²) in [7, 11) is 0. The molecule has 0 aromatic heterocycles. The van der Waals surface area contributed by atoms with Gasteiger partial charge in [-0.1, -0.05) is 58.0 Å². The number of aryl methyl sites for hydroxylation is 1. The van der Waals surface area contributed by atoms with E-state index in [2.05, 4.69) is 97.5 Å². The largest absolute Gasteiger partial charge is 0.372 e. The van der Waals surface area contributed by atoms with E-state index < -0.39 is 0 Å². The number of rotatable bonds is 6.